The Bertz CT molecular complexity index is 853. The molecule has 0 saturated carbocycles. The zero-order chi connectivity index (χ0) is 21.2. The molecule has 0 amide bonds. The topological polar surface area (TPSA) is 208 Å². The fraction of sp³-hybridized carbons (Fsp3) is 0.222. The largest absolute Gasteiger partial charge is 0.504 e. The highest BCUT2D eigenvalue weighted by Gasteiger charge is 2.21. The van der Waals surface area contributed by atoms with Gasteiger partial charge >= 0.3 is 11.9 Å². The molecule has 2 aromatic carbocycles. The summed E-state index contributed by atoms with van der Waals surface area (Å²) in [5.41, 5.74) is 11.3. The summed E-state index contributed by atoms with van der Waals surface area (Å²) in [6.07, 6.45) is -0.348. The summed E-state index contributed by atoms with van der Waals surface area (Å²) in [5.74, 6) is -4.95. The van der Waals surface area contributed by atoms with E-state index < -0.39 is 47.0 Å². The molecule has 0 aliphatic carbocycles. The van der Waals surface area contributed by atoms with Crippen molar-refractivity contribution in [1.82, 2.24) is 0 Å². The highest BCUT2D eigenvalue weighted by molar-refractivity contribution is 5.81. The first-order valence-corrected chi connectivity index (χ1v) is 8.08. The van der Waals surface area contributed by atoms with Gasteiger partial charge in [0.05, 0.1) is 0 Å². The first-order chi connectivity index (χ1) is 13.0. The molecule has 0 heterocycles. The van der Waals surface area contributed by atoms with Gasteiger partial charge in [-0.3, -0.25) is 9.59 Å². The van der Waals surface area contributed by atoms with Crippen LogP contribution >= 0.6 is 0 Å². The van der Waals surface area contributed by atoms with Crippen molar-refractivity contribution in [3.05, 3.63) is 35.4 Å². The average molecular weight is 392 g/mol. The van der Waals surface area contributed by atoms with E-state index >= 15 is 0 Å². The second-order valence-electron chi connectivity index (χ2n) is 6.32. The van der Waals surface area contributed by atoms with E-state index in [1.807, 2.05) is 0 Å². The van der Waals surface area contributed by atoms with Crippen LogP contribution < -0.4 is 11.5 Å². The van der Waals surface area contributed by atoms with E-state index in [4.69, 9.17) is 21.7 Å². The Morgan fingerprint density at radius 1 is 0.714 bits per heavy atom. The molecule has 2 atom stereocenters. The molecule has 28 heavy (non-hydrogen) atoms. The number of carbonyl (C=O) groups is 2. The SMILES string of the molecule is N[C@@H](Cc1cc(O)c(O)c(-c2cc(C[C@H](N)C(=O)O)cc(O)c2O)c1)C(=O)O. The van der Waals surface area contributed by atoms with Gasteiger partial charge in [0.2, 0.25) is 0 Å². The van der Waals surface area contributed by atoms with E-state index in [0.717, 1.165) is 12.1 Å². The molecule has 0 unspecified atom stereocenters. The molecule has 0 fully saturated rings. The molecule has 150 valence electrons. The third-order valence-electron chi connectivity index (χ3n) is 4.13. The zero-order valence-electron chi connectivity index (χ0n) is 14.5. The summed E-state index contributed by atoms with van der Waals surface area (Å²) in [6.45, 7) is 0. The summed E-state index contributed by atoms with van der Waals surface area (Å²) in [6, 6.07) is 2.32. The van der Waals surface area contributed by atoms with Crippen molar-refractivity contribution in [2.45, 2.75) is 24.9 Å². The molecule has 0 aliphatic rings. The van der Waals surface area contributed by atoms with E-state index in [-0.39, 0.29) is 35.1 Å². The van der Waals surface area contributed by atoms with Gasteiger partial charge in [0.25, 0.3) is 0 Å². The Balaban J connectivity index is 2.56. The predicted octanol–water partition coefficient (Wildman–Crippen LogP) is 0.0848. The summed E-state index contributed by atoms with van der Waals surface area (Å²) < 4.78 is 0. The standard InChI is InChI=1S/C18H20N2O8/c19-11(17(25)26)3-7-1-9(15(23)13(21)5-7)10-2-8(4-12(20)18(27)28)6-14(22)16(10)24/h1-2,5-6,11-12,21-24H,3-4,19-20H2,(H,25,26)(H,27,28)/t11-,12-/m0/s1. The molecule has 10 nitrogen and oxygen atoms in total. The number of benzene rings is 2. The van der Waals surface area contributed by atoms with Crippen LogP contribution in [0, 0.1) is 0 Å². The number of carboxylic acids is 2. The van der Waals surface area contributed by atoms with Gasteiger partial charge in [0.15, 0.2) is 23.0 Å². The highest BCUT2D eigenvalue weighted by Crippen LogP contribution is 2.45. The molecule has 0 aromatic heterocycles. The van der Waals surface area contributed by atoms with Crippen LogP contribution in [0.1, 0.15) is 11.1 Å². The number of nitrogens with two attached hydrogens (primary N) is 2. The van der Waals surface area contributed by atoms with Crippen LogP contribution in [-0.2, 0) is 22.4 Å². The van der Waals surface area contributed by atoms with Gasteiger partial charge in [-0.05, 0) is 48.2 Å². The number of phenols is 4. The van der Waals surface area contributed by atoms with Crippen molar-refractivity contribution < 1.29 is 40.2 Å². The lowest BCUT2D eigenvalue weighted by atomic mass is 9.94. The summed E-state index contributed by atoms with van der Waals surface area (Å²) in [7, 11) is 0. The molecular weight excluding hydrogens is 372 g/mol. The monoisotopic (exact) mass is 392 g/mol. The van der Waals surface area contributed by atoms with Crippen LogP contribution in [0.2, 0.25) is 0 Å². The summed E-state index contributed by atoms with van der Waals surface area (Å²) >= 11 is 0. The minimum absolute atomic E-state index is 0.105. The Kier molecular flexibility index (Phi) is 5.96. The molecule has 0 bridgehead atoms. The van der Waals surface area contributed by atoms with E-state index in [9.17, 15) is 30.0 Å². The molecule has 2 aromatic rings. The first kappa shape index (κ1) is 20.8. The Morgan fingerprint density at radius 2 is 1.04 bits per heavy atom. The molecule has 0 spiro atoms. The van der Waals surface area contributed by atoms with Crippen molar-refractivity contribution in [2.75, 3.05) is 0 Å². The Labute approximate surface area is 158 Å². The summed E-state index contributed by atoms with van der Waals surface area (Å²) in [5, 5.41) is 58.2. The maximum absolute atomic E-state index is 10.9. The molecule has 2 rings (SSSR count). The second kappa shape index (κ2) is 8.03. The smallest absolute Gasteiger partial charge is 0.320 e. The maximum Gasteiger partial charge on any atom is 0.320 e. The number of phenolic OH excluding ortho intramolecular Hbond substituents is 4. The number of aromatic hydroxyl groups is 4. The van der Waals surface area contributed by atoms with Gasteiger partial charge < -0.3 is 42.1 Å². The van der Waals surface area contributed by atoms with Gasteiger partial charge in [0, 0.05) is 11.1 Å². The number of aliphatic carboxylic acids is 2. The molecule has 0 saturated heterocycles. The fourth-order valence-corrected chi connectivity index (χ4v) is 2.68. The van der Waals surface area contributed by atoms with Crippen molar-refractivity contribution >= 4 is 11.9 Å². The minimum Gasteiger partial charge on any atom is -0.504 e. The van der Waals surface area contributed by atoms with E-state index in [1.54, 1.807) is 0 Å². The van der Waals surface area contributed by atoms with Crippen molar-refractivity contribution in [3.8, 4) is 34.1 Å². The highest BCUT2D eigenvalue weighted by atomic mass is 16.4. The van der Waals surface area contributed by atoms with Crippen molar-refractivity contribution in [1.29, 1.82) is 0 Å². The molecule has 0 radical (unpaired) electrons. The Hall–Kier alpha value is -3.50. The molecule has 10 N–H and O–H groups in total. The van der Waals surface area contributed by atoms with Crippen molar-refractivity contribution in [3.63, 3.8) is 0 Å². The average Bonchev–Trinajstić information content (AvgIpc) is 2.60. The van der Waals surface area contributed by atoms with Crippen LogP contribution in [0.25, 0.3) is 11.1 Å². The van der Waals surface area contributed by atoms with E-state index in [2.05, 4.69) is 0 Å². The lowest BCUT2D eigenvalue weighted by molar-refractivity contribution is -0.139. The van der Waals surface area contributed by atoms with Crippen LogP contribution in [0.3, 0.4) is 0 Å². The van der Waals surface area contributed by atoms with E-state index in [0.29, 0.717) is 0 Å². The van der Waals surface area contributed by atoms with Crippen LogP contribution in [-0.4, -0.2) is 54.7 Å². The van der Waals surface area contributed by atoms with Gasteiger partial charge in [-0.25, -0.2) is 0 Å². The van der Waals surface area contributed by atoms with Gasteiger partial charge in [-0.15, -0.1) is 0 Å². The number of carboxylic acid groups (broad SMARTS) is 2. The zero-order valence-corrected chi connectivity index (χ0v) is 14.5. The van der Waals surface area contributed by atoms with Crippen LogP contribution in [0.5, 0.6) is 23.0 Å². The number of hydrogen-bond donors (Lipinski definition) is 8. The van der Waals surface area contributed by atoms with Gasteiger partial charge in [-0.2, -0.15) is 0 Å². The lowest BCUT2D eigenvalue weighted by Gasteiger charge is -2.15. The van der Waals surface area contributed by atoms with Crippen LogP contribution in [0.15, 0.2) is 24.3 Å². The third-order valence-corrected chi connectivity index (χ3v) is 4.13. The number of rotatable bonds is 7. The predicted molar refractivity (Wildman–Crippen MR) is 97.2 cm³/mol. The van der Waals surface area contributed by atoms with Crippen molar-refractivity contribution in [2.24, 2.45) is 11.5 Å². The van der Waals surface area contributed by atoms with Gasteiger partial charge in [-0.1, -0.05) is 0 Å². The van der Waals surface area contributed by atoms with E-state index in [1.165, 1.54) is 12.1 Å². The first-order valence-electron chi connectivity index (χ1n) is 8.08. The normalized spacial score (nSPS) is 13.1. The third kappa shape index (κ3) is 4.42. The molecule has 10 heteroatoms. The van der Waals surface area contributed by atoms with Crippen LogP contribution in [0.4, 0.5) is 0 Å². The minimum atomic E-state index is -1.27. The fourth-order valence-electron chi connectivity index (χ4n) is 2.68. The molecular formula is C18H20N2O8. The summed E-state index contributed by atoms with van der Waals surface area (Å²) in [4.78, 5) is 21.9. The van der Waals surface area contributed by atoms with Gasteiger partial charge in [0.1, 0.15) is 12.1 Å². The Morgan fingerprint density at radius 3 is 1.32 bits per heavy atom. The lowest BCUT2D eigenvalue weighted by Crippen LogP contribution is -2.32. The number of hydrogen-bond acceptors (Lipinski definition) is 8. The quantitative estimate of drug-likeness (QED) is 0.298. The molecule has 0 aliphatic heterocycles. The maximum atomic E-state index is 10.9. The second-order valence-corrected chi connectivity index (χ2v) is 6.32.